The molecule has 0 saturated carbocycles. The molecular formula is C124H102N2. The third-order valence-electron chi connectivity index (χ3n) is 27.0. The van der Waals surface area contributed by atoms with Crippen molar-refractivity contribution < 1.29 is 0 Å². The molecule has 0 atom stereocenters. The first kappa shape index (κ1) is 78.8. The van der Waals surface area contributed by atoms with E-state index in [1.807, 2.05) is 0 Å². The molecule has 4 aliphatic carbocycles. The van der Waals surface area contributed by atoms with Crippen LogP contribution in [0.25, 0.3) is 134 Å². The molecule has 0 aromatic heterocycles. The second-order valence-electron chi connectivity index (χ2n) is 34.6. The van der Waals surface area contributed by atoms with Crippen LogP contribution in [0.4, 0.5) is 34.1 Å². The topological polar surface area (TPSA) is 6.48 Å². The van der Waals surface area contributed by atoms with E-state index in [4.69, 9.17) is 0 Å². The Hall–Kier alpha value is -14.4. The fourth-order valence-electron chi connectivity index (χ4n) is 20.8. The average molecular weight is 1620 g/mol. The van der Waals surface area contributed by atoms with Crippen molar-refractivity contribution >= 4 is 34.1 Å². The Labute approximate surface area is 744 Å². The lowest BCUT2D eigenvalue weighted by Crippen LogP contribution is -2.15. The van der Waals surface area contributed by atoms with Crippen LogP contribution >= 0.6 is 0 Å². The predicted molar refractivity (Wildman–Crippen MR) is 534 cm³/mol. The van der Waals surface area contributed by atoms with Crippen molar-refractivity contribution in [3.63, 3.8) is 0 Å². The van der Waals surface area contributed by atoms with Crippen LogP contribution in [-0.4, -0.2) is 0 Å². The molecule has 126 heavy (non-hydrogen) atoms. The van der Waals surface area contributed by atoms with Gasteiger partial charge in [0.15, 0.2) is 0 Å². The lowest BCUT2D eigenvalue weighted by molar-refractivity contribution is 0.662. The average Bonchev–Trinajstić information content (AvgIpc) is 0.737. The summed E-state index contributed by atoms with van der Waals surface area (Å²) in [6, 6.07) is 156. The molecule has 0 unspecified atom stereocenters. The van der Waals surface area contributed by atoms with Crippen LogP contribution in [0.5, 0.6) is 0 Å². The maximum absolute atomic E-state index is 2.41. The van der Waals surface area contributed by atoms with Crippen molar-refractivity contribution in [3.8, 4) is 134 Å². The van der Waals surface area contributed by atoms with E-state index in [1.165, 1.54) is 179 Å². The zero-order valence-corrected chi connectivity index (χ0v) is 71.6. The van der Waals surface area contributed by atoms with Gasteiger partial charge < -0.3 is 9.80 Å². The van der Waals surface area contributed by atoms with E-state index >= 15 is 0 Å². The minimum Gasteiger partial charge on any atom is -0.311 e. The van der Waals surface area contributed by atoms with Crippen LogP contribution in [0.3, 0.4) is 0 Å². The number of hydrogen-bond donors (Lipinski definition) is 0. The highest BCUT2D eigenvalue weighted by Gasteiger charge is 2.31. The lowest BCUT2D eigenvalue weighted by atomic mass is 9.73. The van der Waals surface area contributed by atoms with Gasteiger partial charge in [0.1, 0.15) is 0 Å². The standard InChI is InChI=1S/2C62H51N/c1-4-14-44(15-5-1)47-24-26-49(27-25-47)51-34-40-55(41-35-51)63(54-38-32-50(33-39-54)46-18-8-3-9-19-46)56-42-36-53(37-43-56)62-59-22-12-10-20-57(59)61(58-21-11-13-23-60(58)62)52-30-28-48(29-31-52)45-16-6-2-7-17-45;1-4-14-44(15-5-1)47-24-26-48(27-25-47)49-28-30-52(31-29-49)61-57-20-10-12-22-59(57)62(60-23-13-11-21-58(60)61)53-36-42-56(43-37-53)63(54-38-32-50(33-39-54)45-16-6-2-7-17-45)55-40-34-51(35-41-55)46-18-8-3-9-19-46/h2*1-9,14-19,24-43H,10-13,20-23H2. The van der Waals surface area contributed by atoms with E-state index in [0.29, 0.717) is 0 Å². The van der Waals surface area contributed by atoms with E-state index in [1.54, 1.807) is 50.1 Å². The number of fused-ring (bicyclic) bond motifs is 4. The molecule has 0 fully saturated rings. The Morgan fingerprint density at radius 1 is 0.103 bits per heavy atom. The molecule has 0 amide bonds. The molecule has 2 nitrogen and oxygen atoms in total. The molecule has 0 radical (unpaired) electrons. The molecule has 18 aromatic rings. The first-order valence-electron chi connectivity index (χ1n) is 45.8. The minimum atomic E-state index is 1.14. The first-order chi connectivity index (χ1) is 62.5. The van der Waals surface area contributed by atoms with Gasteiger partial charge in [-0.3, -0.25) is 0 Å². The number of nitrogens with zero attached hydrogens (tertiary/aromatic N) is 2. The van der Waals surface area contributed by atoms with Crippen LogP contribution < -0.4 is 9.80 Å². The normalized spacial score (nSPS) is 13.2. The van der Waals surface area contributed by atoms with Gasteiger partial charge in [0.25, 0.3) is 0 Å². The van der Waals surface area contributed by atoms with Gasteiger partial charge >= 0.3 is 0 Å². The largest absolute Gasteiger partial charge is 0.311 e. The fourth-order valence-corrected chi connectivity index (χ4v) is 20.8. The van der Waals surface area contributed by atoms with Crippen LogP contribution in [0.2, 0.25) is 0 Å². The zero-order valence-electron chi connectivity index (χ0n) is 71.6. The number of benzene rings is 18. The van der Waals surface area contributed by atoms with Crippen LogP contribution in [0, 0.1) is 0 Å². The molecule has 2 heteroatoms. The second-order valence-corrected chi connectivity index (χ2v) is 34.6. The molecule has 0 N–H and O–H groups in total. The first-order valence-corrected chi connectivity index (χ1v) is 45.8. The summed E-state index contributed by atoms with van der Waals surface area (Å²) < 4.78 is 0. The molecule has 0 heterocycles. The summed E-state index contributed by atoms with van der Waals surface area (Å²) in [7, 11) is 0. The third kappa shape index (κ3) is 16.3. The lowest BCUT2D eigenvalue weighted by Gasteiger charge is -2.32. The molecule has 0 spiro atoms. The highest BCUT2D eigenvalue weighted by atomic mass is 15.1. The van der Waals surface area contributed by atoms with Gasteiger partial charge in [0, 0.05) is 34.1 Å². The summed E-state index contributed by atoms with van der Waals surface area (Å²) in [5.41, 5.74) is 51.1. The molecule has 18 aromatic carbocycles. The minimum absolute atomic E-state index is 1.14. The van der Waals surface area contributed by atoms with Gasteiger partial charge in [-0.1, -0.05) is 352 Å². The summed E-state index contributed by atoms with van der Waals surface area (Å²) in [4.78, 5) is 4.82. The molecule has 0 aliphatic heterocycles. The van der Waals surface area contributed by atoms with Crippen molar-refractivity contribution in [3.05, 3.63) is 469 Å². The molecule has 608 valence electrons. The SMILES string of the molecule is c1ccc(-c2ccc(-c3ccc(-c4c5c(c(-c6ccc(N(c7ccc(-c8ccccc8)cc7)c7ccc(-c8ccccc8)cc7)cc6)c6c4CCCC6)CCCC5)cc3)cc2)cc1.c1ccc(-c2ccc(-c3ccc(N(c4ccc(-c5ccccc5)cc4)c4ccc(-c5c6c(c(-c7ccc(-c8ccccc8)cc7)c7c5CCCC7)CCCC6)cc4)cc3)cc2)cc1. The quantitative estimate of drug-likeness (QED) is 0.0845. The van der Waals surface area contributed by atoms with Gasteiger partial charge in [0.2, 0.25) is 0 Å². The van der Waals surface area contributed by atoms with Gasteiger partial charge in [0.05, 0.1) is 0 Å². The number of rotatable bonds is 18. The van der Waals surface area contributed by atoms with Crippen LogP contribution in [0.1, 0.15) is 95.9 Å². The summed E-state index contributed by atoms with van der Waals surface area (Å²) in [6.45, 7) is 0. The van der Waals surface area contributed by atoms with E-state index in [9.17, 15) is 0 Å². The van der Waals surface area contributed by atoms with Crippen molar-refractivity contribution in [1.29, 1.82) is 0 Å². The molecule has 0 bridgehead atoms. The zero-order chi connectivity index (χ0) is 83.9. The van der Waals surface area contributed by atoms with E-state index in [2.05, 4.69) is 434 Å². The highest BCUT2D eigenvalue weighted by molar-refractivity contribution is 5.91. The summed E-state index contributed by atoms with van der Waals surface area (Å²) in [6.07, 6.45) is 19.2. The molecular weight excluding hydrogens is 1520 g/mol. The summed E-state index contributed by atoms with van der Waals surface area (Å²) in [5, 5.41) is 0. The summed E-state index contributed by atoms with van der Waals surface area (Å²) in [5.74, 6) is 0. The monoisotopic (exact) mass is 1620 g/mol. The predicted octanol–water partition coefficient (Wildman–Crippen LogP) is 33.8. The van der Waals surface area contributed by atoms with Crippen LogP contribution in [-0.2, 0) is 51.4 Å². The maximum Gasteiger partial charge on any atom is 0.0462 e. The summed E-state index contributed by atoms with van der Waals surface area (Å²) >= 11 is 0. The Bertz CT molecular complexity index is 6620. The van der Waals surface area contributed by atoms with Crippen molar-refractivity contribution in [2.75, 3.05) is 9.80 Å². The second kappa shape index (κ2) is 36.2. The van der Waals surface area contributed by atoms with Gasteiger partial charge in [-0.05, 0) is 354 Å². The highest BCUT2D eigenvalue weighted by Crippen LogP contribution is 2.51. The maximum atomic E-state index is 2.41. The van der Waals surface area contributed by atoms with Gasteiger partial charge in [-0.25, -0.2) is 0 Å². The Morgan fingerprint density at radius 3 is 0.341 bits per heavy atom. The van der Waals surface area contributed by atoms with E-state index in [-0.39, 0.29) is 0 Å². The molecule has 0 saturated heterocycles. The molecule has 22 rings (SSSR count). The molecule has 4 aliphatic rings. The van der Waals surface area contributed by atoms with E-state index < -0.39 is 0 Å². The van der Waals surface area contributed by atoms with E-state index in [0.717, 1.165) is 85.5 Å². The smallest absolute Gasteiger partial charge is 0.0462 e. The van der Waals surface area contributed by atoms with Gasteiger partial charge in [-0.2, -0.15) is 0 Å². The Balaban J connectivity index is 0.000000154. The number of hydrogen-bond acceptors (Lipinski definition) is 2. The Morgan fingerprint density at radius 2 is 0.206 bits per heavy atom. The fraction of sp³-hybridized carbons (Fsp3) is 0.129. The van der Waals surface area contributed by atoms with Crippen LogP contribution in [0.15, 0.2) is 425 Å². The van der Waals surface area contributed by atoms with Gasteiger partial charge in [-0.15, -0.1) is 0 Å². The van der Waals surface area contributed by atoms with Crippen molar-refractivity contribution in [2.24, 2.45) is 0 Å². The third-order valence-corrected chi connectivity index (χ3v) is 27.0. The Kier molecular flexibility index (Phi) is 22.6. The van der Waals surface area contributed by atoms with Crippen molar-refractivity contribution in [1.82, 2.24) is 0 Å². The van der Waals surface area contributed by atoms with Crippen molar-refractivity contribution in [2.45, 2.75) is 103 Å². The number of anilines is 6.